The number of rotatable bonds is 4. The van der Waals surface area contributed by atoms with Crippen LogP contribution in [0.1, 0.15) is 0 Å². The Morgan fingerprint density at radius 3 is 3.00 bits per heavy atom. The zero-order chi connectivity index (χ0) is 13.1. The second kappa shape index (κ2) is 5.49. The third-order valence-corrected chi connectivity index (χ3v) is 3.36. The first kappa shape index (κ1) is 13.0. The molecule has 0 aliphatic carbocycles. The quantitative estimate of drug-likeness (QED) is 0.867. The van der Waals surface area contributed by atoms with Gasteiger partial charge in [0.25, 0.3) is 5.22 Å². The molecule has 1 aromatic carbocycles. The molecule has 0 atom stereocenters. The first-order valence-corrected chi connectivity index (χ1v) is 6.48. The van der Waals surface area contributed by atoms with Crippen molar-refractivity contribution < 1.29 is 18.8 Å². The molecule has 0 aliphatic rings. The molecule has 2 aromatic rings. The molecule has 18 heavy (non-hydrogen) atoms. The van der Waals surface area contributed by atoms with Crippen LogP contribution in [0.4, 0.5) is 4.39 Å². The standard InChI is InChI=1S/C10H6BrFN2O3S/c11-7-3-5(12)1-2-6(7)9-13-10(17-14-9)18-4-8(15)16/h1-3H,4H2,(H,15,16). The average molecular weight is 333 g/mol. The molecule has 0 bridgehead atoms. The Hall–Kier alpha value is -1.41. The number of aromatic nitrogens is 2. The van der Waals surface area contributed by atoms with E-state index >= 15 is 0 Å². The smallest absolute Gasteiger partial charge is 0.314 e. The first-order valence-electron chi connectivity index (χ1n) is 4.70. The highest BCUT2D eigenvalue weighted by Gasteiger charge is 2.13. The largest absolute Gasteiger partial charge is 0.481 e. The number of benzene rings is 1. The van der Waals surface area contributed by atoms with Gasteiger partial charge in [0.05, 0.1) is 0 Å². The normalized spacial score (nSPS) is 10.6. The fourth-order valence-electron chi connectivity index (χ4n) is 1.17. The van der Waals surface area contributed by atoms with Crippen LogP contribution in [0, 0.1) is 5.82 Å². The van der Waals surface area contributed by atoms with Gasteiger partial charge < -0.3 is 9.63 Å². The van der Waals surface area contributed by atoms with Gasteiger partial charge in [-0.1, -0.05) is 16.9 Å². The molecule has 0 radical (unpaired) electrons. The van der Waals surface area contributed by atoms with Crippen molar-refractivity contribution in [1.29, 1.82) is 0 Å². The maximum Gasteiger partial charge on any atom is 0.314 e. The van der Waals surface area contributed by atoms with Crippen LogP contribution in [-0.4, -0.2) is 27.0 Å². The van der Waals surface area contributed by atoms with Crippen LogP contribution < -0.4 is 0 Å². The summed E-state index contributed by atoms with van der Waals surface area (Å²) >= 11 is 4.12. The molecular weight excluding hydrogens is 327 g/mol. The summed E-state index contributed by atoms with van der Waals surface area (Å²) in [5, 5.41) is 12.4. The van der Waals surface area contributed by atoms with Gasteiger partial charge in [-0.15, -0.1) is 0 Å². The lowest BCUT2D eigenvalue weighted by atomic mass is 10.2. The SMILES string of the molecule is O=C(O)CSc1nc(-c2ccc(F)cc2Br)no1. The monoisotopic (exact) mass is 332 g/mol. The summed E-state index contributed by atoms with van der Waals surface area (Å²) in [4.78, 5) is 14.4. The molecule has 0 fully saturated rings. The van der Waals surface area contributed by atoms with Crippen molar-refractivity contribution in [3.05, 3.63) is 28.5 Å². The van der Waals surface area contributed by atoms with Gasteiger partial charge in [-0.2, -0.15) is 4.98 Å². The van der Waals surface area contributed by atoms with Crippen molar-refractivity contribution in [3.63, 3.8) is 0 Å². The molecule has 0 unspecified atom stereocenters. The lowest BCUT2D eigenvalue weighted by Gasteiger charge is -1.97. The molecule has 1 aromatic heterocycles. The maximum absolute atomic E-state index is 12.9. The van der Waals surface area contributed by atoms with Gasteiger partial charge in [-0.05, 0) is 34.1 Å². The van der Waals surface area contributed by atoms with E-state index in [4.69, 9.17) is 9.63 Å². The highest BCUT2D eigenvalue weighted by atomic mass is 79.9. The fourth-order valence-corrected chi connectivity index (χ4v) is 2.19. The third kappa shape index (κ3) is 3.08. The topological polar surface area (TPSA) is 76.2 Å². The Labute approximate surface area is 114 Å². The molecule has 0 saturated carbocycles. The van der Waals surface area contributed by atoms with E-state index in [-0.39, 0.29) is 22.6 Å². The third-order valence-electron chi connectivity index (χ3n) is 1.90. The van der Waals surface area contributed by atoms with Crippen molar-refractivity contribution in [2.45, 2.75) is 5.22 Å². The fraction of sp³-hybridized carbons (Fsp3) is 0.100. The molecular formula is C10H6BrFN2O3S. The summed E-state index contributed by atoms with van der Waals surface area (Å²) in [6.07, 6.45) is 0. The summed E-state index contributed by atoms with van der Waals surface area (Å²) in [5.74, 6) is -1.24. The Balaban J connectivity index is 2.21. The van der Waals surface area contributed by atoms with Gasteiger partial charge in [0.15, 0.2) is 0 Å². The molecule has 2 rings (SSSR count). The highest BCUT2D eigenvalue weighted by molar-refractivity contribution is 9.10. The minimum absolute atomic E-state index is 0.156. The molecule has 0 saturated heterocycles. The van der Waals surface area contributed by atoms with E-state index in [0.717, 1.165) is 11.8 Å². The van der Waals surface area contributed by atoms with Crippen LogP contribution in [0.25, 0.3) is 11.4 Å². The van der Waals surface area contributed by atoms with Gasteiger partial charge in [-0.25, -0.2) is 4.39 Å². The minimum atomic E-state index is -0.970. The van der Waals surface area contributed by atoms with Gasteiger partial charge in [-0.3, -0.25) is 4.79 Å². The predicted octanol–water partition coefficient (Wildman–Crippen LogP) is 2.81. The highest BCUT2D eigenvalue weighted by Crippen LogP contribution is 2.28. The number of thioether (sulfide) groups is 1. The maximum atomic E-state index is 12.9. The van der Waals surface area contributed by atoms with Gasteiger partial charge in [0, 0.05) is 10.0 Å². The van der Waals surface area contributed by atoms with Gasteiger partial charge >= 0.3 is 5.97 Å². The van der Waals surface area contributed by atoms with Gasteiger partial charge in [0.2, 0.25) is 5.82 Å². The van der Waals surface area contributed by atoms with Crippen LogP contribution in [0.2, 0.25) is 0 Å². The molecule has 1 N–H and O–H groups in total. The molecule has 94 valence electrons. The molecule has 0 amide bonds. The summed E-state index contributed by atoms with van der Waals surface area (Å²) in [7, 11) is 0. The number of carboxylic acid groups (broad SMARTS) is 1. The minimum Gasteiger partial charge on any atom is -0.481 e. The number of carbonyl (C=O) groups is 1. The van der Waals surface area contributed by atoms with E-state index in [9.17, 15) is 9.18 Å². The summed E-state index contributed by atoms with van der Waals surface area (Å²) in [5.41, 5.74) is 0.572. The van der Waals surface area contributed by atoms with Crippen LogP contribution in [0.15, 0.2) is 32.4 Å². The van der Waals surface area contributed by atoms with E-state index in [1.807, 2.05) is 0 Å². The lowest BCUT2D eigenvalue weighted by molar-refractivity contribution is -0.133. The number of hydrogen-bond acceptors (Lipinski definition) is 5. The van der Waals surface area contributed by atoms with Crippen molar-refractivity contribution >= 4 is 33.7 Å². The number of aliphatic carboxylic acids is 1. The van der Waals surface area contributed by atoms with E-state index < -0.39 is 5.97 Å². The Kier molecular flexibility index (Phi) is 3.97. The summed E-state index contributed by atoms with van der Waals surface area (Å²) < 4.78 is 18.3. The number of nitrogens with zero attached hydrogens (tertiary/aromatic N) is 2. The van der Waals surface area contributed by atoms with Crippen molar-refractivity contribution in [1.82, 2.24) is 10.1 Å². The number of carboxylic acids is 1. The Morgan fingerprint density at radius 1 is 1.56 bits per heavy atom. The second-order valence-corrected chi connectivity index (χ2v) is 4.97. The molecule has 1 heterocycles. The van der Waals surface area contributed by atoms with E-state index in [1.165, 1.54) is 18.2 Å². The van der Waals surface area contributed by atoms with Crippen LogP contribution in [-0.2, 0) is 4.79 Å². The molecule has 5 nitrogen and oxygen atoms in total. The zero-order valence-electron chi connectivity index (χ0n) is 8.76. The van der Waals surface area contributed by atoms with Crippen molar-refractivity contribution in [2.75, 3.05) is 5.75 Å². The lowest BCUT2D eigenvalue weighted by Crippen LogP contribution is -1.97. The van der Waals surface area contributed by atoms with Gasteiger partial charge in [0.1, 0.15) is 11.6 Å². The van der Waals surface area contributed by atoms with E-state index in [0.29, 0.717) is 10.0 Å². The second-order valence-electron chi connectivity index (χ2n) is 3.19. The summed E-state index contributed by atoms with van der Waals surface area (Å²) in [6.45, 7) is 0. The molecule has 0 spiro atoms. The van der Waals surface area contributed by atoms with Crippen LogP contribution in [0.3, 0.4) is 0 Å². The predicted molar refractivity (Wildman–Crippen MR) is 65.8 cm³/mol. The first-order chi connectivity index (χ1) is 8.56. The number of halogens is 2. The molecule has 0 aliphatic heterocycles. The summed E-state index contributed by atoms with van der Waals surface area (Å²) in [6, 6.07) is 4.08. The van der Waals surface area contributed by atoms with E-state index in [2.05, 4.69) is 26.1 Å². The van der Waals surface area contributed by atoms with Crippen molar-refractivity contribution in [2.24, 2.45) is 0 Å². The van der Waals surface area contributed by atoms with Crippen LogP contribution >= 0.6 is 27.7 Å². The molecule has 8 heteroatoms. The number of hydrogen-bond donors (Lipinski definition) is 1. The Morgan fingerprint density at radius 2 is 2.33 bits per heavy atom. The van der Waals surface area contributed by atoms with E-state index in [1.54, 1.807) is 0 Å². The zero-order valence-corrected chi connectivity index (χ0v) is 11.2. The average Bonchev–Trinajstić information content (AvgIpc) is 2.75. The van der Waals surface area contributed by atoms with Crippen LogP contribution in [0.5, 0.6) is 0 Å². The van der Waals surface area contributed by atoms with Crippen molar-refractivity contribution in [3.8, 4) is 11.4 Å². The Bertz CT molecular complexity index is 590.